The van der Waals surface area contributed by atoms with E-state index in [1.165, 1.54) is 32.8 Å². The molecular weight excluding hydrogens is 300 g/mol. The number of benzene rings is 2. The van der Waals surface area contributed by atoms with Gasteiger partial charge in [-0.2, -0.15) is 5.10 Å². The molecule has 0 N–H and O–H groups in total. The molecule has 3 aromatic rings. The summed E-state index contributed by atoms with van der Waals surface area (Å²) in [5.74, 6) is 1.01. The topological polar surface area (TPSA) is 17.8 Å². The van der Waals surface area contributed by atoms with Crippen LogP contribution in [-0.2, 0) is 12.8 Å². The summed E-state index contributed by atoms with van der Waals surface area (Å²) in [6.07, 6.45) is 0. The molecule has 0 saturated heterocycles. The summed E-state index contributed by atoms with van der Waals surface area (Å²) < 4.78 is 1.92. The Morgan fingerprint density at radius 2 is 1.74 bits per heavy atom. The van der Waals surface area contributed by atoms with Crippen molar-refractivity contribution in [3.63, 3.8) is 0 Å². The van der Waals surface area contributed by atoms with Crippen molar-refractivity contribution in [1.29, 1.82) is 0 Å². The molecule has 0 aliphatic rings. The third-order valence-corrected chi connectivity index (χ3v) is 5.45. The Morgan fingerprint density at radius 1 is 0.957 bits per heavy atom. The summed E-state index contributed by atoms with van der Waals surface area (Å²) >= 11 is 1.90. The van der Waals surface area contributed by atoms with Gasteiger partial charge in [0.05, 0.1) is 5.69 Å². The van der Waals surface area contributed by atoms with Crippen LogP contribution in [0.1, 0.15) is 22.4 Å². The van der Waals surface area contributed by atoms with Gasteiger partial charge < -0.3 is 0 Å². The van der Waals surface area contributed by atoms with Crippen molar-refractivity contribution in [3.05, 3.63) is 70.9 Å². The highest BCUT2D eigenvalue weighted by Gasteiger charge is 2.07. The molecule has 1 heterocycles. The maximum Gasteiger partial charge on any atom is 0.0925 e. The number of aromatic nitrogens is 2. The fourth-order valence-corrected chi connectivity index (χ4v) is 3.69. The monoisotopic (exact) mass is 322 g/mol. The van der Waals surface area contributed by atoms with Crippen LogP contribution in [0.3, 0.4) is 0 Å². The van der Waals surface area contributed by atoms with Gasteiger partial charge in [-0.25, -0.2) is 0 Å². The Labute approximate surface area is 142 Å². The lowest BCUT2D eigenvalue weighted by Crippen LogP contribution is -1.92. The molecule has 0 radical (unpaired) electrons. The van der Waals surface area contributed by atoms with E-state index < -0.39 is 0 Å². The second-order valence-corrected chi connectivity index (χ2v) is 7.01. The maximum atomic E-state index is 4.57. The fraction of sp³-hybridized carbons (Fsp3) is 0.250. The normalized spacial score (nSPS) is 11.0. The molecule has 0 atom stereocenters. The fourth-order valence-electron chi connectivity index (χ4n) is 2.60. The molecule has 0 amide bonds. The van der Waals surface area contributed by atoms with Crippen molar-refractivity contribution < 1.29 is 0 Å². The molecular formula is C20H22N2S. The zero-order valence-corrected chi connectivity index (χ0v) is 14.9. The van der Waals surface area contributed by atoms with Crippen molar-refractivity contribution in [2.24, 2.45) is 7.05 Å². The molecule has 0 aliphatic heterocycles. The Kier molecular flexibility index (Phi) is 4.58. The van der Waals surface area contributed by atoms with E-state index in [-0.39, 0.29) is 0 Å². The number of rotatable bonds is 4. The van der Waals surface area contributed by atoms with E-state index in [1.807, 2.05) is 23.5 Å². The smallest absolute Gasteiger partial charge is 0.0925 e. The molecule has 3 heteroatoms. The summed E-state index contributed by atoms with van der Waals surface area (Å²) in [5, 5.41) is 4.57. The molecule has 0 spiro atoms. The second-order valence-electron chi connectivity index (χ2n) is 5.99. The van der Waals surface area contributed by atoms with Crippen molar-refractivity contribution in [1.82, 2.24) is 9.78 Å². The van der Waals surface area contributed by atoms with Gasteiger partial charge >= 0.3 is 0 Å². The highest BCUT2D eigenvalue weighted by Crippen LogP contribution is 2.30. The van der Waals surface area contributed by atoms with E-state index in [0.717, 1.165) is 11.4 Å². The minimum Gasteiger partial charge on any atom is -0.272 e. The Hall–Kier alpha value is -2.00. The van der Waals surface area contributed by atoms with Gasteiger partial charge in [0.2, 0.25) is 0 Å². The molecule has 0 saturated carbocycles. The van der Waals surface area contributed by atoms with Gasteiger partial charge in [-0.1, -0.05) is 30.3 Å². The first-order chi connectivity index (χ1) is 11.0. The molecule has 2 aromatic carbocycles. The Morgan fingerprint density at radius 3 is 2.39 bits per heavy atom. The highest BCUT2D eigenvalue weighted by atomic mass is 32.2. The number of hydrogen-bond donors (Lipinski definition) is 0. The van der Waals surface area contributed by atoms with Gasteiger partial charge in [-0.05, 0) is 55.7 Å². The number of hydrogen-bond acceptors (Lipinski definition) is 2. The average Bonchev–Trinajstić information content (AvgIpc) is 2.87. The van der Waals surface area contributed by atoms with Crippen LogP contribution < -0.4 is 0 Å². The minimum absolute atomic E-state index is 1.01. The predicted molar refractivity (Wildman–Crippen MR) is 98.9 cm³/mol. The van der Waals surface area contributed by atoms with E-state index in [0.29, 0.717) is 0 Å². The SMILES string of the molecule is Cc1ccccc1CSc1ccc(-c2cc(C)n(C)n2)cc1C. The number of nitrogens with zero attached hydrogens (tertiary/aromatic N) is 2. The average molecular weight is 322 g/mol. The van der Waals surface area contributed by atoms with Crippen LogP contribution in [0.5, 0.6) is 0 Å². The van der Waals surface area contributed by atoms with E-state index in [4.69, 9.17) is 0 Å². The molecule has 118 valence electrons. The number of thioether (sulfide) groups is 1. The van der Waals surface area contributed by atoms with Crippen LogP contribution in [0, 0.1) is 20.8 Å². The van der Waals surface area contributed by atoms with Crippen LogP contribution >= 0.6 is 11.8 Å². The van der Waals surface area contributed by atoms with Crippen LogP contribution in [0.15, 0.2) is 53.4 Å². The van der Waals surface area contributed by atoms with Crippen molar-refractivity contribution in [2.45, 2.75) is 31.4 Å². The van der Waals surface area contributed by atoms with E-state index in [2.05, 4.69) is 74.4 Å². The summed E-state index contributed by atoms with van der Waals surface area (Å²) in [4.78, 5) is 1.34. The van der Waals surface area contributed by atoms with E-state index in [1.54, 1.807) is 0 Å². The van der Waals surface area contributed by atoms with Gasteiger partial charge in [-0.3, -0.25) is 4.68 Å². The third-order valence-electron chi connectivity index (χ3n) is 4.23. The highest BCUT2D eigenvalue weighted by molar-refractivity contribution is 7.98. The van der Waals surface area contributed by atoms with Crippen molar-refractivity contribution in [3.8, 4) is 11.3 Å². The van der Waals surface area contributed by atoms with Gasteiger partial charge in [-0.15, -0.1) is 11.8 Å². The lowest BCUT2D eigenvalue weighted by molar-refractivity contribution is 0.743. The maximum absolute atomic E-state index is 4.57. The lowest BCUT2D eigenvalue weighted by atomic mass is 10.1. The molecule has 2 nitrogen and oxygen atoms in total. The lowest BCUT2D eigenvalue weighted by Gasteiger charge is -2.09. The zero-order chi connectivity index (χ0) is 16.4. The van der Waals surface area contributed by atoms with Crippen molar-refractivity contribution >= 4 is 11.8 Å². The first-order valence-corrected chi connectivity index (χ1v) is 8.82. The minimum atomic E-state index is 1.01. The molecule has 23 heavy (non-hydrogen) atoms. The molecule has 0 fully saturated rings. The predicted octanol–water partition coefficient (Wildman–Crippen LogP) is 5.30. The van der Waals surface area contributed by atoms with Crippen molar-refractivity contribution in [2.75, 3.05) is 0 Å². The van der Waals surface area contributed by atoms with Gasteiger partial charge in [0.1, 0.15) is 0 Å². The Balaban J connectivity index is 1.78. The van der Waals surface area contributed by atoms with Gasteiger partial charge in [0, 0.05) is 29.0 Å². The Bertz CT molecular complexity index is 814. The molecule has 1 aromatic heterocycles. The molecule has 0 unspecified atom stereocenters. The van der Waals surface area contributed by atoms with Crippen LogP contribution in [0.25, 0.3) is 11.3 Å². The summed E-state index contributed by atoms with van der Waals surface area (Å²) in [6, 6.07) is 17.4. The second kappa shape index (κ2) is 6.63. The molecule has 0 aliphatic carbocycles. The van der Waals surface area contributed by atoms with Crippen LogP contribution in [0.2, 0.25) is 0 Å². The largest absolute Gasteiger partial charge is 0.272 e. The standard InChI is InChI=1S/C20H22N2S/c1-14-7-5-6-8-18(14)13-23-20-10-9-17(11-15(20)2)19-12-16(3)22(4)21-19/h5-12H,13H2,1-4H3. The van der Waals surface area contributed by atoms with Gasteiger partial charge in [0.15, 0.2) is 0 Å². The summed E-state index contributed by atoms with van der Waals surface area (Å²) in [5.41, 5.74) is 7.48. The molecule has 0 bridgehead atoms. The quantitative estimate of drug-likeness (QED) is 0.606. The number of aryl methyl sites for hydroxylation is 4. The molecule has 3 rings (SSSR count). The van der Waals surface area contributed by atoms with Crippen LogP contribution in [0.4, 0.5) is 0 Å². The van der Waals surface area contributed by atoms with Gasteiger partial charge in [0.25, 0.3) is 0 Å². The first-order valence-electron chi connectivity index (χ1n) is 7.83. The zero-order valence-electron chi connectivity index (χ0n) is 14.1. The van der Waals surface area contributed by atoms with E-state index in [9.17, 15) is 0 Å². The van der Waals surface area contributed by atoms with Crippen LogP contribution in [-0.4, -0.2) is 9.78 Å². The first kappa shape index (κ1) is 15.9. The third kappa shape index (κ3) is 3.50. The van der Waals surface area contributed by atoms with E-state index >= 15 is 0 Å². The summed E-state index contributed by atoms with van der Waals surface area (Å²) in [7, 11) is 1.98. The summed E-state index contributed by atoms with van der Waals surface area (Å²) in [6.45, 7) is 6.44.